The number of benzene rings is 1. The quantitative estimate of drug-likeness (QED) is 0.857. The number of carbonyl (C=O) groups excluding carboxylic acids is 2. The molecule has 1 aromatic carbocycles. The molecule has 2 aliphatic rings. The first-order valence-corrected chi connectivity index (χ1v) is 9.17. The number of hydrogen-bond acceptors (Lipinski definition) is 5. The maximum absolute atomic E-state index is 13.0. The number of esters is 1. The van der Waals surface area contributed by atoms with Crippen molar-refractivity contribution in [2.45, 2.75) is 45.3 Å². The number of ether oxygens (including phenoxy) is 1. The summed E-state index contributed by atoms with van der Waals surface area (Å²) in [5.41, 5.74) is 3.29. The zero-order chi connectivity index (χ0) is 18.4. The van der Waals surface area contributed by atoms with E-state index >= 15 is 0 Å². The number of aromatic nitrogens is 1. The van der Waals surface area contributed by atoms with Crippen molar-refractivity contribution < 1.29 is 14.3 Å². The molecule has 0 fully saturated rings. The molecule has 2 aromatic rings. The van der Waals surface area contributed by atoms with Crippen LogP contribution in [0.4, 0.5) is 0 Å². The summed E-state index contributed by atoms with van der Waals surface area (Å²) in [6.07, 6.45) is 0.769. The molecule has 2 atom stereocenters. The molecule has 1 aromatic heterocycles. The van der Waals surface area contributed by atoms with Crippen LogP contribution in [0.1, 0.15) is 48.4 Å². The normalized spacial score (nSPS) is 22.2. The maximum atomic E-state index is 13.0. The first kappa shape index (κ1) is 17.0. The van der Waals surface area contributed by atoms with Crippen molar-refractivity contribution in [3.05, 3.63) is 41.1 Å². The lowest BCUT2D eigenvalue weighted by Gasteiger charge is -2.45. The van der Waals surface area contributed by atoms with Gasteiger partial charge in [-0.3, -0.25) is 14.7 Å². The molecule has 0 unspecified atom stereocenters. The van der Waals surface area contributed by atoms with Gasteiger partial charge in [0.2, 0.25) is 0 Å². The Morgan fingerprint density at radius 3 is 2.88 bits per heavy atom. The van der Waals surface area contributed by atoms with Crippen molar-refractivity contribution in [1.82, 2.24) is 15.2 Å². The van der Waals surface area contributed by atoms with E-state index < -0.39 is 6.04 Å². The van der Waals surface area contributed by atoms with Crippen LogP contribution >= 0.6 is 0 Å². The van der Waals surface area contributed by atoms with Gasteiger partial charge < -0.3 is 10.1 Å². The topological polar surface area (TPSA) is 71.5 Å². The molecule has 0 bridgehead atoms. The minimum absolute atomic E-state index is 0.222. The van der Waals surface area contributed by atoms with Crippen LogP contribution in [0.5, 0.6) is 0 Å². The van der Waals surface area contributed by atoms with E-state index in [4.69, 9.17) is 9.72 Å². The number of para-hydroxylation sites is 1. The molecule has 0 spiro atoms. The summed E-state index contributed by atoms with van der Waals surface area (Å²) in [4.78, 5) is 32.7. The number of amides is 1. The van der Waals surface area contributed by atoms with Crippen LogP contribution in [0.15, 0.2) is 24.3 Å². The summed E-state index contributed by atoms with van der Waals surface area (Å²) in [6, 6.07) is 6.97. The third-order valence-corrected chi connectivity index (χ3v) is 5.30. The Balaban J connectivity index is 1.97. The lowest BCUT2D eigenvalue weighted by molar-refractivity contribution is -0.148. The number of fused-ring (bicyclic) bond motifs is 2. The van der Waals surface area contributed by atoms with Gasteiger partial charge >= 0.3 is 5.97 Å². The Morgan fingerprint density at radius 2 is 2.15 bits per heavy atom. The minimum Gasteiger partial charge on any atom is -0.464 e. The molecule has 1 amide bonds. The van der Waals surface area contributed by atoms with Gasteiger partial charge in [-0.25, -0.2) is 4.79 Å². The molecule has 0 saturated heterocycles. The van der Waals surface area contributed by atoms with E-state index in [1.807, 2.05) is 24.3 Å². The number of hydrogen-bond donors (Lipinski definition) is 1. The van der Waals surface area contributed by atoms with E-state index in [1.54, 1.807) is 6.92 Å². The number of nitrogens with zero attached hydrogens (tertiary/aromatic N) is 2. The van der Waals surface area contributed by atoms with E-state index in [-0.39, 0.29) is 30.6 Å². The van der Waals surface area contributed by atoms with Crippen LogP contribution < -0.4 is 5.32 Å². The lowest BCUT2D eigenvalue weighted by atomic mass is 9.82. The highest BCUT2D eigenvalue weighted by molar-refractivity contribution is 6.10. The fraction of sp³-hybridized carbons (Fsp3) is 0.450. The molecule has 2 aliphatic heterocycles. The Kier molecular flexibility index (Phi) is 4.15. The van der Waals surface area contributed by atoms with Gasteiger partial charge in [0.15, 0.2) is 0 Å². The van der Waals surface area contributed by atoms with Gasteiger partial charge in [-0.1, -0.05) is 18.2 Å². The molecule has 0 radical (unpaired) electrons. The average Bonchev–Trinajstić information content (AvgIpc) is 2.63. The van der Waals surface area contributed by atoms with E-state index in [0.717, 1.165) is 35.1 Å². The molecule has 136 valence electrons. The van der Waals surface area contributed by atoms with Crippen molar-refractivity contribution in [2.24, 2.45) is 0 Å². The van der Waals surface area contributed by atoms with E-state index in [1.165, 1.54) is 0 Å². The molecule has 1 N–H and O–H groups in total. The van der Waals surface area contributed by atoms with E-state index in [0.29, 0.717) is 5.56 Å². The summed E-state index contributed by atoms with van der Waals surface area (Å²) in [5, 5.41) is 3.75. The first-order chi connectivity index (χ1) is 12.5. The van der Waals surface area contributed by atoms with Gasteiger partial charge in [0.25, 0.3) is 5.91 Å². The minimum atomic E-state index is -0.709. The second-order valence-electron chi connectivity index (χ2n) is 7.09. The second-order valence-corrected chi connectivity index (χ2v) is 7.09. The zero-order valence-corrected chi connectivity index (χ0v) is 15.3. The maximum Gasteiger partial charge on any atom is 0.330 e. The lowest BCUT2D eigenvalue weighted by Crippen LogP contribution is -2.58. The molecule has 26 heavy (non-hydrogen) atoms. The monoisotopic (exact) mass is 353 g/mol. The van der Waals surface area contributed by atoms with Crippen molar-refractivity contribution in [1.29, 1.82) is 0 Å². The van der Waals surface area contributed by atoms with E-state index in [9.17, 15) is 9.59 Å². The van der Waals surface area contributed by atoms with Crippen LogP contribution in [-0.4, -0.2) is 47.0 Å². The van der Waals surface area contributed by atoms with Gasteiger partial charge in [-0.15, -0.1) is 0 Å². The highest BCUT2D eigenvalue weighted by Crippen LogP contribution is 2.41. The van der Waals surface area contributed by atoms with Gasteiger partial charge in [-0.05, 0) is 26.8 Å². The molecular formula is C20H23N3O3. The van der Waals surface area contributed by atoms with Gasteiger partial charge in [0.05, 0.1) is 23.7 Å². The summed E-state index contributed by atoms with van der Waals surface area (Å²) in [7, 11) is 0. The van der Waals surface area contributed by atoms with Crippen LogP contribution in [0.3, 0.4) is 0 Å². The standard InChI is InChI=1S/C20H23N3O3/c1-4-26-20(25)17-18-16-14(9-10-23(18)11(2)3)21-13-8-6-5-7-12(13)15(16)19(24)22-17/h5-8,11,17-18H,4,9-10H2,1-3H3,(H,22,24)/t17-,18+/m1/s1. The second kappa shape index (κ2) is 6.36. The predicted molar refractivity (Wildman–Crippen MR) is 97.9 cm³/mol. The van der Waals surface area contributed by atoms with Crippen molar-refractivity contribution >= 4 is 22.8 Å². The van der Waals surface area contributed by atoms with Crippen LogP contribution in [-0.2, 0) is 16.0 Å². The predicted octanol–water partition coefficient (Wildman–Crippen LogP) is 2.22. The summed E-state index contributed by atoms with van der Waals surface area (Å²) < 4.78 is 5.26. The smallest absolute Gasteiger partial charge is 0.330 e. The van der Waals surface area contributed by atoms with Crippen molar-refractivity contribution in [3.63, 3.8) is 0 Å². The molecule has 0 aliphatic carbocycles. The fourth-order valence-electron chi connectivity index (χ4n) is 4.22. The highest BCUT2D eigenvalue weighted by Gasteiger charge is 2.46. The molecule has 6 nitrogen and oxygen atoms in total. The van der Waals surface area contributed by atoms with Gasteiger partial charge in [0, 0.05) is 35.7 Å². The van der Waals surface area contributed by atoms with E-state index in [2.05, 4.69) is 24.1 Å². The van der Waals surface area contributed by atoms with Gasteiger partial charge in [0.1, 0.15) is 6.04 Å². The Hall–Kier alpha value is -2.47. The van der Waals surface area contributed by atoms with Crippen molar-refractivity contribution in [3.8, 4) is 0 Å². The number of carbonyl (C=O) groups is 2. The first-order valence-electron chi connectivity index (χ1n) is 9.17. The Labute approximate surface area is 152 Å². The Morgan fingerprint density at radius 1 is 1.38 bits per heavy atom. The zero-order valence-electron chi connectivity index (χ0n) is 15.3. The highest BCUT2D eigenvalue weighted by atomic mass is 16.5. The SMILES string of the molecule is CCOC(=O)[C@@H]1NC(=O)c2c3c(nc4ccccc24)CCN(C(C)C)[C@@H]31. The van der Waals surface area contributed by atoms with Crippen LogP contribution in [0.25, 0.3) is 10.9 Å². The molecule has 0 saturated carbocycles. The number of rotatable bonds is 3. The van der Waals surface area contributed by atoms with Crippen LogP contribution in [0, 0.1) is 0 Å². The van der Waals surface area contributed by atoms with Gasteiger partial charge in [-0.2, -0.15) is 0 Å². The molecule has 3 heterocycles. The third-order valence-electron chi connectivity index (χ3n) is 5.30. The largest absolute Gasteiger partial charge is 0.464 e. The Bertz CT molecular complexity index is 893. The summed E-state index contributed by atoms with van der Waals surface area (Å²) in [6.45, 7) is 7.08. The number of nitrogens with one attached hydrogen (secondary N) is 1. The summed E-state index contributed by atoms with van der Waals surface area (Å²) >= 11 is 0. The third kappa shape index (κ3) is 2.48. The number of pyridine rings is 1. The average molecular weight is 353 g/mol. The summed E-state index contributed by atoms with van der Waals surface area (Å²) in [5.74, 6) is -0.608. The molecular weight excluding hydrogens is 330 g/mol. The van der Waals surface area contributed by atoms with Crippen LogP contribution in [0.2, 0.25) is 0 Å². The molecule has 6 heteroatoms. The fourth-order valence-corrected chi connectivity index (χ4v) is 4.22. The molecule has 4 rings (SSSR count). The van der Waals surface area contributed by atoms with Crippen molar-refractivity contribution in [2.75, 3.05) is 13.2 Å².